The van der Waals surface area contributed by atoms with Gasteiger partial charge in [-0.2, -0.15) is 9.40 Å². The maximum absolute atomic E-state index is 13.0. The third kappa shape index (κ3) is 4.93. The Labute approximate surface area is 215 Å². The molecule has 5 rings (SSSR count). The zero-order valence-electron chi connectivity index (χ0n) is 19.7. The van der Waals surface area contributed by atoms with Crippen LogP contribution in [0.2, 0.25) is 5.02 Å². The Morgan fingerprint density at radius 2 is 1.72 bits per heavy atom. The lowest BCUT2D eigenvalue weighted by Crippen LogP contribution is -2.27. The molecule has 0 saturated carbocycles. The summed E-state index contributed by atoms with van der Waals surface area (Å²) in [6, 6.07) is 22.0. The lowest BCUT2D eigenvalue weighted by molar-refractivity contribution is 0.415. The Kier molecular flexibility index (Phi) is 6.91. The Morgan fingerprint density at radius 1 is 1.00 bits per heavy atom. The molecule has 36 heavy (non-hydrogen) atoms. The molecule has 1 fully saturated rings. The number of benzene rings is 3. The van der Waals surface area contributed by atoms with Crippen molar-refractivity contribution in [3.63, 3.8) is 0 Å². The van der Waals surface area contributed by atoms with Gasteiger partial charge in [-0.25, -0.2) is 13.1 Å². The number of sulfonamides is 1. The van der Waals surface area contributed by atoms with E-state index < -0.39 is 10.0 Å². The van der Waals surface area contributed by atoms with E-state index in [1.54, 1.807) is 24.1 Å². The Bertz CT molecular complexity index is 1490. The molecule has 7 nitrogen and oxygen atoms in total. The van der Waals surface area contributed by atoms with Crippen LogP contribution in [0.1, 0.15) is 18.4 Å². The Balaban J connectivity index is 1.54. The number of rotatable bonds is 7. The van der Waals surface area contributed by atoms with E-state index >= 15 is 0 Å². The second-order valence-electron chi connectivity index (χ2n) is 8.42. The molecule has 0 radical (unpaired) electrons. The van der Waals surface area contributed by atoms with Gasteiger partial charge in [0.1, 0.15) is 11.4 Å². The highest BCUT2D eigenvalue weighted by molar-refractivity contribution is 7.89. The van der Waals surface area contributed by atoms with Crippen molar-refractivity contribution in [1.82, 2.24) is 14.1 Å². The van der Waals surface area contributed by atoms with E-state index in [-0.39, 0.29) is 4.90 Å². The molecule has 2 heterocycles. The van der Waals surface area contributed by atoms with Crippen molar-refractivity contribution in [2.45, 2.75) is 17.7 Å². The standard InChI is InChI=1S/C27H25ClN4O3S/c1-35-23-11-9-20(10-12-23)27-21(19-32(30-27)22-7-3-2-4-8-22)18-29-26-17-24(13-14-25(26)28)36(33,34)31-15-5-6-16-31/h2-4,7-14,17-19H,5-6,15-16H2,1H3. The second kappa shape index (κ2) is 10.3. The van der Waals surface area contributed by atoms with Crippen LogP contribution in [0.3, 0.4) is 0 Å². The first-order chi connectivity index (χ1) is 17.5. The first-order valence-corrected chi connectivity index (χ1v) is 13.4. The van der Waals surface area contributed by atoms with Crippen LogP contribution >= 0.6 is 11.6 Å². The zero-order chi connectivity index (χ0) is 25.1. The smallest absolute Gasteiger partial charge is 0.243 e. The number of aliphatic imine (C=N–C) groups is 1. The van der Waals surface area contributed by atoms with Gasteiger partial charge in [0, 0.05) is 36.6 Å². The predicted octanol–water partition coefficient (Wildman–Crippen LogP) is 5.74. The number of para-hydroxylation sites is 1. The second-order valence-corrected chi connectivity index (χ2v) is 10.8. The molecule has 0 bridgehead atoms. The third-order valence-corrected chi connectivity index (χ3v) is 8.30. The van der Waals surface area contributed by atoms with E-state index in [2.05, 4.69) is 4.99 Å². The van der Waals surface area contributed by atoms with Crippen LogP contribution in [0.5, 0.6) is 5.75 Å². The van der Waals surface area contributed by atoms with Gasteiger partial charge in [-0.05, 0) is 67.4 Å². The van der Waals surface area contributed by atoms with E-state index in [4.69, 9.17) is 21.4 Å². The number of aromatic nitrogens is 2. The van der Waals surface area contributed by atoms with Crippen LogP contribution in [0.15, 0.2) is 88.9 Å². The molecule has 9 heteroatoms. The SMILES string of the molecule is COc1ccc(-c2nn(-c3ccccc3)cc2C=Nc2cc(S(=O)(=O)N3CCCC3)ccc2Cl)cc1. The summed E-state index contributed by atoms with van der Waals surface area (Å²) in [4.78, 5) is 4.78. The molecule has 1 aromatic heterocycles. The van der Waals surface area contributed by atoms with Gasteiger partial charge in [-0.15, -0.1) is 0 Å². The number of ether oxygens (including phenoxy) is 1. The number of nitrogens with zero attached hydrogens (tertiary/aromatic N) is 4. The van der Waals surface area contributed by atoms with Gasteiger partial charge in [0.15, 0.2) is 0 Å². The predicted molar refractivity (Wildman–Crippen MR) is 142 cm³/mol. The molecular weight excluding hydrogens is 496 g/mol. The lowest BCUT2D eigenvalue weighted by Gasteiger charge is -2.15. The monoisotopic (exact) mass is 520 g/mol. The first-order valence-electron chi connectivity index (χ1n) is 11.6. The molecule has 1 aliphatic rings. The summed E-state index contributed by atoms with van der Waals surface area (Å²) < 4.78 is 34.6. The van der Waals surface area contributed by atoms with Crippen molar-refractivity contribution in [3.05, 3.63) is 89.6 Å². The number of hydrogen-bond acceptors (Lipinski definition) is 5. The molecule has 0 amide bonds. The number of hydrogen-bond donors (Lipinski definition) is 0. The molecule has 184 valence electrons. The average Bonchev–Trinajstić information content (AvgIpc) is 3.60. The highest BCUT2D eigenvalue weighted by Crippen LogP contribution is 2.31. The average molecular weight is 521 g/mol. The molecule has 0 unspecified atom stereocenters. The molecule has 0 aliphatic carbocycles. The Hall–Kier alpha value is -3.46. The van der Waals surface area contributed by atoms with Crippen LogP contribution in [0, 0.1) is 0 Å². The molecule has 0 N–H and O–H groups in total. The van der Waals surface area contributed by atoms with Crippen LogP contribution in [-0.2, 0) is 10.0 Å². The minimum Gasteiger partial charge on any atom is -0.497 e. The summed E-state index contributed by atoms with van der Waals surface area (Å²) in [5.74, 6) is 0.749. The number of halogens is 1. The van der Waals surface area contributed by atoms with E-state index in [0.29, 0.717) is 23.8 Å². The van der Waals surface area contributed by atoms with Gasteiger partial charge in [-0.1, -0.05) is 29.8 Å². The molecule has 0 spiro atoms. The van der Waals surface area contributed by atoms with Crippen molar-refractivity contribution < 1.29 is 13.2 Å². The van der Waals surface area contributed by atoms with Gasteiger partial charge in [0.25, 0.3) is 0 Å². The minimum absolute atomic E-state index is 0.191. The van der Waals surface area contributed by atoms with Crippen molar-refractivity contribution in [1.29, 1.82) is 0 Å². The van der Waals surface area contributed by atoms with Crippen molar-refractivity contribution in [2.75, 3.05) is 20.2 Å². The topological polar surface area (TPSA) is 76.8 Å². The molecule has 1 saturated heterocycles. The molecule has 4 aromatic rings. The highest BCUT2D eigenvalue weighted by Gasteiger charge is 2.27. The van der Waals surface area contributed by atoms with E-state index in [1.807, 2.05) is 60.8 Å². The van der Waals surface area contributed by atoms with Crippen molar-refractivity contribution in [2.24, 2.45) is 4.99 Å². The summed E-state index contributed by atoms with van der Waals surface area (Å²) in [6.45, 7) is 1.07. The van der Waals surface area contributed by atoms with E-state index in [9.17, 15) is 8.42 Å². The molecular formula is C27H25ClN4O3S. The third-order valence-electron chi connectivity index (χ3n) is 6.09. The van der Waals surface area contributed by atoms with Crippen LogP contribution in [0.4, 0.5) is 5.69 Å². The zero-order valence-corrected chi connectivity index (χ0v) is 21.3. The maximum Gasteiger partial charge on any atom is 0.243 e. The lowest BCUT2D eigenvalue weighted by atomic mass is 10.1. The minimum atomic E-state index is -3.58. The van der Waals surface area contributed by atoms with E-state index in [0.717, 1.165) is 41.1 Å². The summed E-state index contributed by atoms with van der Waals surface area (Å²) in [7, 11) is -1.95. The first kappa shape index (κ1) is 24.2. The quantitative estimate of drug-likeness (QED) is 0.291. The van der Waals surface area contributed by atoms with Crippen LogP contribution in [-0.4, -0.2) is 48.9 Å². The van der Waals surface area contributed by atoms with Crippen molar-refractivity contribution in [3.8, 4) is 22.7 Å². The summed E-state index contributed by atoms with van der Waals surface area (Å²) >= 11 is 6.41. The summed E-state index contributed by atoms with van der Waals surface area (Å²) in [5.41, 5.74) is 3.66. The van der Waals surface area contributed by atoms with Crippen LogP contribution < -0.4 is 4.74 Å². The fourth-order valence-corrected chi connectivity index (χ4v) is 5.84. The summed E-state index contributed by atoms with van der Waals surface area (Å²) in [5, 5.41) is 5.17. The van der Waals surface area contributed by atoms with Gasteiger partial charge in [0.2, 0.25) is 10.0 Å². The highest BCUT2D eigenvalue weighted by atomic mass is 35.5. The molecule has 1 aliphatic heterocycles. The van der Waals surface area contributed by atoms with Crippen molar-refractivity contribution >= 4 is 33.5 Å². The van der Waals surface area contributed by atoms with Gasteiger partial charge in [0.05, 0.1) is 28.4 Å². The normalized spacial score (nSPS) is 14.5. The Morgan fingerprint density at radius 3 is 2.42 bits per heavy atom. The fourth-order valence-electron chi connectivity index (χ4n) is 4.14. The van der Waals surface area contributed by atoms with Gasteiger partial charge >= 0.3 is 0 Å². The van der Waals surface area contributed by atoms with Gasteiger partial charge < -0.3 is 4.74 Å². The van der Waals surface area contributed by atoms with E-state index in [1.165, 1.54) is 16.4 Å². The number of methoxy groups -OCH3 is 1. The molecule has 0 atom stereocenters. The summed E-state index contributed by atoms with van der Waals surface area (Å²) in [6.07, 6.45) is 5.30. The van der Waals surface area contributed by atoms with Gasteiger partial charge in [-0.3, -0.25) is 4.99 Å². The fraction of sp³-hybridized carbons (Fsp3) is 0.185. The van der Waals surface area contributed by atoms with Crippen LogP contribution in [0.25, 0.3) is 16.9 Å². The largest absolute Gasteiger partial charge is 0.497 e. The molecule has 3 aromatic carbocycles. The maximum atomic E-state index is 13.0.